The lowest BCUT2D eigenvalue weighted by atomic mass is 9.98. The zero-order valence-electron chi connectivity index (χ0n) is 17.8. The number of hydrogen-bond acceptors (Lipinski definition) is 4. The average molecular weight is 424 g/mol. The first-order valence-corrected chi connectivity index (χ1v) is 10.5. The summed E-state index contributed by atoms with van der Waals surface area (Å²) < 4.78 is 5.51. The van der Waals surface area contributed by atoms with E-state index in [1.807, 2.05) is 24.3 Å². The number of rotatable bonds is 9. The van der Waals surface area contributed by atoms with Crippen molar-refractivity contribution in [2.75, 3.05) is 6.61 Å². The van der Waals surface area contributed by atoms with Crippen LogP contribution in [0.2, 0.25) is 0 Å². The molecule has 1 aliphatic rings. The van der Waals surface area contributed by atoms with Crippen LogP contribution >= 0.6 is 0 Å². The maximum atomic E-state index is 12.3. The topological polar surface area (TPSA) is 105 Å². The summed E-state index contributed by atoms with van der Waals surface area (Å²) in [5, 5.41) is 14.1. The number of amides is 2. The normalized spacial score (nSPS) is 14.1. The van der Waals surface area contributed by atoms with Crippen LogP contribution < -0.4 is 10.6 Å². The lowest BCUT2D eigenvalue weighted by Crippen LogP contribution is -2.37. The van der Waals surface area contributed by atoms with Crippen molar-refractivity contribution in [2.45, 2.75) is 51.1 Å². The zero-order valence-corrected chi connectivity index (χ0v) is 17.8. The molecule has 0 saturated carbocycles. The number of aliphatic carboxylic acids is 1. The van der Waals surface area contributed by atoms with E-state index >= 15 is 0 Å². The lowest BCUT2D eigenvalue weighted by Gasteiger charge is -2.17. The summed E-state index contributed by atoms with van der Waals surface area (Å²) in [6, 6.07) is 15.6. The van der Waals surface area contributed by atoms with Gasteiger partial charge in [-0.15, -0.1) is 0 Å². The third-order valence-corrected chi connectivity index (χ3v) is 5.40. The summed E-state index contributed by atoms with van der Waals surface area (Å²) in [5.41, 5.74) is 4.64. The third-order valence-electron chi connectivity index (χ3n) is 5.40. The monoisotopic (exact) mass is 424 g/mol. The molecule has 0 radical (unpaired) electrons. The molecule has 31 heavy (non-hydrogen) atoms. The van der Waals surface area contributed by atoms with Crippen LogP contribution in [0, 0.1) is 0 Å². The van der Waals surface area contributed by atoms with Gasteiger partial charge in [-0.25, -0.2) is 4.79 Å². The first-order chi connectivity index (χ1) is 14.8. The number of fused-ring (bicyclic) bond motifs is 3. The first-order valence-electron chi connectivity index (χ1n) is 10.5. The van der Waals surface area contributed by atoms with Crippen molar-refractivity contribution < 1.29 is 24.2 Å². The maximum absolute atomic E-state index is 12.3. The fourth-order valence-corrected chi connectivity index (χ4v) is 3.92. The van der Waals surface area contributed by atoms with Crippen molar-refractivity contribution in [2.24, 2.45) is 0 Å². The maximum Gasteiger partial charge on any atom is 0.407 e. The van der Waals surface area contributed by atoms with E-state index in [2.05, 4.69) is 34.9 Å². The predicted octanol–water partition coefficient (Wildman–Crippen LogP) is 3.67. The van der Waals surface area contributed by atoms with Gasteiger partial charge in [-0.1, -0.05) is 48.5 Å². The second-order valence-corrected chi connectivity index (χ2v) is 7.98. The molecule has 1 aliphatic carbocycles. The van der Waals surface area contributed by atoms with Crippen LogP contribution in [0.5, 0.6) is 0 Å². The van der Waals surface area contributed by atoms with Crippen molar-refractivity contribution >= 4 is 18.0 Å². The van der Waals surface area contributed by atoms with Crippen LogP contribution in [-0.2, 0) is 14.3 Å². The van der Waals surface area contributed by atoms with Crippen molar-refractivity contribution in [1.82, 2.24) is 10.6 Å². The molecule has 2 amide bonds. The van der Waals surface area contributed by atoms with Gasteiger partial charge in [-0.2, -0.15) is 0 Å². The van der Waals surface area contributed by atoms with E-state index in [1.165, 1.54) is 11.1 Å². The van der Waals surface area contributed by atoms with E-state index < -0.39 is 18.1 Å². The molecule has 7 heteroatoms. The highest BCUT2D eigenvalue weighted by molar-refractivity contribution is 5.79. The second-order valence-electron chi connectivity index (χ2n) is 7.98. The summed E-state index contributed by atoms with van der Waals surface area (Å²) in [5.74, 6) is -1.21. The van der Waals surface area contributed by atoms with Crippen molar-refractivity contribution in [3.05, 3.63) is 59.7 Å². The number of alkyl carbamates (subject to hydrolysis) is 1. The van der Waals surface area contributed by atoms with E-state index in [9.17, 15) is 14.4 Å². The Hall–Kier alpha value is -3.35. The number of hydrogen-bond donors (Lipinski definition) is 3. The molecule has 3 N–H and O–H groups in total. The Morgan fingerprint density at radius 2 is 1.52 bits per heavy atom. The molecule has 2 atom stereocenters. The highest BCUT2D eigenvalue weighted by atomic mass is 16.5. The zero-order chi connectivity index (χ0) is 22.4. The molecule has 0 spiro atoms. The third kappa shape index (κ3) is 5.84. The van der Waals surface area contributed by atoms with Crippen LogP contribution in [0.3, 0.4) is 0 Å². The Morgan fingerprint density at radius 3 is 2.10 bits per heavy atom. The molecule has 3 rings (SSSR count). The van der Waals surface area contributed by atoms with Gasteiger partial charge in [-0.3, -0.25) is 9.59 Å². The first kappa shape index (κ1) is 22.3. The molecule has 2 aromatic rings. The van der Waals surface area contributed by atoms with E-state index in [-0.39, 0.29) is 37.3 Å². The van der Waals surface area contributed by atoms with E-state index in [4.69, 9.17) is 9.84 Å². The van der Waals surface area contributed by atoms with Crippen LogP contribution in [0.25, 0.3) is 11.1 Å². The Balaban J connectivity index is 1.46. The predicted molar refractivity (Wildman–Crippen MR) is 117 cm³/mol. The quantitative estimate of drug-likeness (QED) is 0.570. The highest BCUT2D eigenvalue weighted by Crippen LogP contribution is 2.44. The molecule has 0 aliphatic heterocycles. The Kier molecular flexibility index (Phi) is 7.28. The van der Waals surface area contributed by atoms with Gasteiger partial charge in [0.1, 0.15) is 6.61 Å². The number of carbonyl (C=O) groups is 3. The summed E-state index contributed by atoms with van der Waals surface area (Å²) >= 11 is 0. The molecule has 0 bridgehead atoms. The minimum atomic E-state index is -0.960. The molecule has 2 aromatic carbocycles. The van der Waals surface area contributed by atoms with Crippen LogP contribution in [0.1, 0.15) is 50.2 Å². The molecule has 0 saturated heterocycles. The molecule has 7 nitrogen and oxygen atoms in total. The molecular formula is C24H28N2O5. The highest BCUT2D eigenvalue weighted by Gasteiger charge is 2.29. The fraction of sp³-hybridized carbons (Fsp3) is 0.375. The molecule has 0 heterocycles. The molecule has 164 valence electrons. The van der Waals surface area contributed by atoms with Gasteiger partial charge in [0.2, 0.25) is 5.91 Å². The Morgan fingerprint density at radius 1 is 0.935 bits per heavy atom. The van der Waals surface area contributed by atoms with Gasteiger partial charge in [0, 0.05) is 24.4 Å². The van der Waals surface area contributed by atoms with Crippen LogP contribution in [0.4, 0.5) is 4.79 Å². The molecule has 1 unspecified atom stereocenters. The lowest BCUT2D eigenvalue weighted by molar-refractivity contribution is -0.137. The van der Waals surface area contributed by atoms with Gasteiger partial charge >= 0.3 is 12.1 Å². The van der Waals surface area contributed by atoms with Gasteiger partial charge in [0.25, 0.3) is 0 Å². The van der Waals surface area contributed by atoms with Gasteiger partial charge in [0.05, 0.1) is 6.42 Å². The largest absolute Gasteiger partial charge is 0.481 e. The van der Waals surface area contributed by atoms with Gasteiger partial charge in [-0.05, 0) is 42.5 Å². The minimum absolute atomic E-state index is 0.00467. The van der Waals surface area contributed by atoms with Crippen LogP contribution in [-0.4, -0.2) is 41.8 Å². The standard InChI is InChI=1S/C24H28N2O5/c1-15(11-12-22(27)25-16(2)13-23(28)29)26-24(30)31-14-21-19-9-5-3-7-17(19)18-8-4-6-10-20(18)21/h3-10,15-16,21H,11-14H2,1-2H3,(H,25,27)(H,26,30)(H,28,29)/t15?,16-/m0/s1. The minimum Gasteiger partial charge on any atom is -0.481 e. The second kappa shape index (κ2) is 10.1. The molecular weight excluding hydrogens is 396 g/mol. The number of carbonyl (C=O) groups excluding carboxylic acids is 2. The Labute approximate surface area is 181 Å². The van der Waals surface area contributed by atoms with E-state index in [0.717, 1.165) is 11.1 Å². The average Bonchev–Trinajstić information content (AvgIpc) is 3.04. The number of benzene rings is 2. The Bertz CT molecular complexity index is 913. The number of nitrogens with one attached hydrogen (secondary N) is 2. The van der Waals surface area contributed by atoms with Crippen molar-refractivity contribution in [3.63, 3.8) is 0 Å². The summed E-state index contributed by atoms with van der Waals surface area (Å²) in [7, 11) is 0. The summed E-state index contributed by atoms with van der Waals surface area (Å²) in [4.78, 5) is 34.8. The smallest absolute Gasteiger partial charge is 0.407 e. The number of carboxylic acid groups (broad SMARTS) is 1. The van der Waals surface area contributed by atoms with Crippen LogP contribution in [0.15, 0.2) is 48.5 Å². The molecule has 0 fully saturated rings. The van der Waals surface area contributed by atoms with Crippen molar-refractivity contribution in [3.8, 4) is 11.1 Å². The number of ether oxygens (including phenoxy) is 1. The summed E-state index contributed by atoms with van der Waals surface area (Å²) in [6.45, 7) is 3.68. The fourth-order valence-electron chi connectivity index (χ4n) is 3.92. The van der Waals surface area contributed by atoms with Gasteiger partial charge < -0.3 is 20.5 Å². The SMILES string of the molecule is CC(CCC(=O)N[C@@H](C)CC(=O)O)NC(=O)OCC1c2ccccc2-c2ccccc21. The molecule has 0 aromatic heterocycles. The summed E-state index contributed by atoms with van der Waals surface area (Å²) in [6.07, 6.45) is -0.0295. The van der Waals surface area contributed by atoms with Gasteiger partial charge in [0.15, 0.2) is 0 Å². The van der Waals surface area contributed by atoms with Crippen molar-refractivity contribution in [1.29, 1.82) is 0 Å². The van der Waals surface area contributed by atoms with E-state index in [1.54, 1.807) is 13.8 Å². The number of carboxylic acids is 1. The van der Waals surface area contributed by atoms with E-state index in [0.29, 0.717) is 6.42 Å².